The first-order valence-electron chi connectivity index (χ1n) is 12.1. The first-order chi connectivity index (χ1) is 16.0. The highest BCUT2D eigenvalue weighted by Crippen LogP contribution is 2.27. The second-order valence-electron chi connectivity index (χ2n) is 8.18. The van der Waals surface area contributed by atoms with Crippen molar-refractivity contribution in [2.75, 3.05) is 13.7 Å². The van der Waals surface area contributed by atoms with Crippen LogP contribution in [0, 0.1) is 10.1 Å². The molecule has 0 N–H and O–H groups in total. The van der Waals surface area contributed by atoms with Gasteiger partial charge in [0.1, 0.15) is 6.61 Å². The Balaban J connectivity index is 2.06. The zero-order chi connectivity index (χ0) is 24.3. The third-order valence-corrected chi connectivity index (χ3v) is 5.36. The van der Waals surface area contributed by atoms with Gasteiger partial charge in [-0.15, -0.1) is 0 Å². The molecule has 8 nitrogen and oxygen atoms in total. The van der Waals surface area contributed by atoms with Gasteiger partial charge in [0.2, 0.25) is 0 Å². The summed E-state index contributed by atoms with van der Waals surface area (Å²) in [6.45, 7) is 2.58. The van der Waals surface area contributed by atoms with E-state index in [1.807, 2.05) is 0 Å². The number of hydrogen-bond acceptors (Lipinski definition) is 7. The lowest BCUT2D eigenvalue weighted by Gasteiger charge is -2.07. The first-order valence-corrected chi connectivity index (χ1v) is 12.1. The molecule has 1 aromatic rings. The highest BCUT2D eigenvalue weighted by Gasteiger charge is 2.16. The van der Waals surface area contributed by atoms with E-state index in [0.29, 0.717) is 18.6 Å². The standard InChI is InChI=1S/C25H39NO7/c1-3-4-5-6-7-8-9-10-11-12-18-32-24(27)14-13-15-25(28)33-20-21-16-17-23(31-2)22(19-21)26(29)30/h16-17,19H,3-15,18,20H2,1-2H3. The summed E-state index contributed by atoms with van der Waals surface area (Å²) in [5.41, 5.74) is 0.308. The van der Waals surface area contributed by atoms with Gasteiger partial charge in [0.15, 0.2) is 5.75 Å². The summed E-state index contributed by atoms with van der Waals surface area (Å²) in [5, 5.41) is 11.0. The number of methoxy groups -OCH3 is 1. The number of benzene rings is 1. The van der Waals surface area contributed by atoms with E-state index in [1.165, 1.54) is 70.6 Å². The maximum Gasteiger partial charge on any atom is 0.311 e. The second kappa shape index (κ2) is 17.9. The number of rotatable bonds is 19. The van der Waals surface area contributed by atoms with Gasteiger partial charge in [-0.2, -0.15) is 0 Å². The van der Waals surface area contributed by atoms with Crippen LogP contribution in [0.5, 0.6) is 5.75 Å². The Bertz CT molecular complexity index is 721. The number of nitrogens with zero attached hydrogens (tertiary/aromatic N) is 1. The molecule has 186 valence electrons. The van der Waals surface area contributed by atoms with Gasteiger partial charge in [-0.05, 0) is 24.5 Å². The molecule has 0 atom stereocenters. The minimum atomic E-state index is -0.550. The van der Waals surface area contributed by atoms with Crippen LogP contribution in [0.3, 0.4) is 0 Å². The molecule has 0 heterocycles. The van der Waals surface area contributed by atoms with E-state index in [9.17, 15) is 19.7 Å². The van der Waals surface area contributed by atoms with E-state index in [1.54, 1.807) is 6.07 Å². The van der Waals surface area contributed by atoms with Crippen molar-refractivity contribution in [3.8, 4) is 5.75 Å². The summed E-state index contributed by atoms with van der Waals surface area (Å²) in [7, 11) is 1.35. The minimum absolute atomic E-state index is 0.0765. The Hall–Kier alpha value is -2.64. The molecule has 1 aromatic carbocycles. The van der Waals surface area contributed by atoms with Crippen LogP contribution in [-0.4, -0.2) is 30.6 Å². The van der Waals surface area contributed by atoms with Crippen molar-refractivity contribution < 1.29 is 28.7 Å². The number of unbranched alkanes of at least 4 members (excludes halogenated alkanes) is 9. The fraction of sp³-hybridized carbons (Fsp3) is 0.680. The van der Waals surface area contributed by atoms with E-state index < -0.39 is 10.9 Å². The molecule has 33 heavy (non-hydrogen) atoms. The fourth-order valence-corrected chi connectivity index (χ4v) is 3.43. The van der Waals surface area contributed by atoms with Crippen molar-refractivity contribution in [3.63, 3.8) is 0 Å². The Morgan fingerprint density at radius 1 is 0.848 bits per heavy atom. The van der Waals surface area contributed by atoms with E-state index >= 15 is 0 Å². The van der Waals surface area contributed by atoms with Crippen LogP contribution in [-0.2, 0) is 25.7 Å². The number of nitro benzene ring substituents is 1. The molecule has 0 amide bonds. The lowest BCUT2D eigenvalue weighted by atomic mass is 10.1. The molecule has 0 saturated carbocycles. The number of esters is 2. The minimum Gasteiger partial charge on any atom is -0.490 e. The average Bonchev–Trinajstić information content (AvgIpc) is 2.81. The lowest BCUT2D eigenvalue weighted by molar-refractivity contribution is -0.385. The molecule has 0 bridgehead atoms. The molecule has 0 unspecified atom stereocenters. The van der Waals surface area contributed by atoms with E-state index in [0.717, 1.165) is 12.8 Å². The molecular weight excluding hydrogens is 426 g/mol. The molecule has 0 spiro atoms. The Morgan fingerprint density at radius 3 is 2.00 bits per heavy atom. The van der Waals surface area contributed by atoms with Crippen molar-refractivity contribution in [2.24, 2.45) is 0 Å². The molecule has 0 aliphatic carbocycles. The Kier molecular flexibility index (Phi) is 15.4. The third kappa shape index (κ3) is 13.5. The summed E-state index contributed by atoms with van der Waals surface area (Å²) < 4.78 is 15.3. The van der Waals surface area contributed by atoms with E-state index in [4.69, 9.17) is 14.2 Å². The van der Waals surface area contributed by atoms with Crippen LogP contribution < -0.4 is 4.74 Å². The van der Waals surface area contributed by atoms with Gasteiger partial charge in [-0.1, -0.05) is 70.8 Å². The van der Waals surface area contributed by atoms with Crippen molar-refractivity contribution in [3.05, 3.63) is 33.9 Å². The lowest BCUT2D eigenvalue weighted by Crippen LogP contribution is -2.09. The Labute approximate surface area is 197 Å². The van der Waals surface area contributed by atoms with Crippen LogP contribution in [0.1, 0.15) is 96.0 Å². The fourth-order valence-electron chi connectivity index (χ4n) is 3.43. The molecule has 8 heteroatoms. The van der Waals surface area contributed by atoms with Crippen LogP contribution >= 0.6 is 0 Å². The van der Waals surface area contributed by atoms with Crippen molar-refractivity contribution in [2.45, 2.75) is 97.0 Å². The predicted octanol–water partition coefficient (Wildman–Crippen LogP) is 6.28. The van der Waals surface area contributed by atoms with Crippen LogP contribution in [0.4, 0.5) is 5.69 Å². The van der Waals surface area contributed by atoms with Crippen molar-refractivity contribution >= 4 is 17.6 Å². The van der Waals surface area contributed by atoms with Gasteiger partial charge in [-0.3, -0.25) is 19.7 Å². The Morgan fingerprint density at radius 2 is 1.42 bits per heavy atom. The summed E-state index contributed by atoms with van der Waals surface area (Å²) in [6, 6.07) is 4.38. The summed E-state index contributed by atoms with van der Waals surface area (Å²) in [6.07, 6.45) is 12.9. The molecule has 0 aliphatic rings. The monoisotopic (exact) mass is 465 g/mol. The van der Waals surface area contributed by atoms with Gasteiger partial charge in [-0.25, -0.2) is 0 Å². The molecular formula is C25H39NO7. The van der Waals surface area contributed by atoms with Gasteiger partial charge in [0.25, 0.3) is 0 Å². The number of nitro groups is 1. The quantitative estimate of drug-likeness (QED) is 0.102. The van der Waals surface area contributed by atoms with E-state index in [-0.39, 0.29) is 36.9 Å². The van der Waals surface area contributed by atoms with Crippen LogP contribution in [0.25, 0.3) is 0 Å². The molecule has 0 aliphatic heterocycles. The number of carbonyl (C=O) groups is 2. The van der Waals surface area contributed by atoms with Crippen LogP contribution in [0.2, 0.25) is 0 Å². The average molecular weight is 466 g/mol. The second-order valence-corrected chi connectivity index (χ2v) is 8.18. The largest absolute Gasteiger partial charge is 0.490 e. The smallest absolute Gasteiger partial charge is 0.311 e. The highest BCUT2D eigenvalue weighted by atomic mass is 16.6. The van der Waals surface area contributed by atoms with Gasteiger partial charge < -0.3 is 14.2 Å². The van der Waals surface area contributed by atoms with E-state index in [2.05, 4.69) is 6.92 Å². The molecule has 0 saturated heterocycles. The molecule has 1 rings (SSSR count). The van der Waals surface area contributed by atoms with Crippen molar-refractivity contribution in [1.29, 1.82) is 0 Å². The normalized spacial score (nSPS) is 10.6. The first kappa shape index (κ1) is 28.4. The third-order valence-electron chi connectivity index (χ3n) is 5.36. The number of hydrogen-bond donors (Lipinski definition) is 0. The SMILES string of the molecule is CCCCCCCCCCCCOC(=O)CCCC(=O)OCc1ccc(OC)c([N+](=O)[O-])c1. The molecule has 0 radical (unpaired) electrons. The summed E-state index contributed by atoms with van der Waals surface area (Å²) in [4.78, 5) is 34.1. The molecule has 0 fully saturated rings. The number of ether oxygens (including phenoxy) is 3. The highest BCUT2D eigenvalue weighted by molar-refractivity contribution is 5.72. The summed E-state index contributed by atoms with van der Waals surface area (Å²) >= 11 is 0. The maximum absolute atomic E-state index is 11.9. The van der Waals surface area contributed by atoms with Crippen LogP contribution in [0.15, 0.2) is 18.2 Å². The predicted molar refractivity (Wildman–Crippen MR) is 126 cm³/mol. The maximum atomic E-state index is 11.9. The van der Waals surface area contributed by atoms with Gasteiger partial charge >= 0.3 is 17.6 Å². The number of carbonyl (C=O) groups excluding carboxylic acids is 2. The molecule has 0 aromatic heterocycles. The summed E-state index contributed by atoms with van der Waals surface area (Å²) in [5.74, 6) is -0.619. The zero-order valence-corrected chi connectivity index (χ0v) is 20.1. The van der Waals surface area contributed by atoms with Crippen molar-refractivity contribution in [1.82, 2.24) is 0 Å². The van der Waals surface area contributed by atoms with Gasteiger partial charge in [0, 0.05) is 18.9 Å². The van der Waals surface area contributed by atoms with Gasteiger partial charge in [0.05, 0.1) is 18.6 Å². The zero-order valence-electron chi connectivity index (χ0n) is 20.1. The topological polar surface area (TPSA) is 105 Å².